The summed E-state index contributed by atoms with van der Waals surface area (Å²) in [6.07, 6.45) is 2.57. The zero-order valence-corrected chi connectivity index (χ0v) is 13.5. The molecule has 1 aromatic rings. The summed E-state index contributed by atoms with van der Waals surface area (Å²) in [6.45, 7) is 4.02. The number of carbonyl (C=O) groups excluding carboxylic acids is 1. The highest BCUT2D eigenvalue weighted by Crippen LogP contribution is 2.38. The topological polar surface area (TPSA) is 92.3 Å². The lowest BCUT2D eigenvalue weighted by atomic mass is 9.99. The Hall–Kier alpha value is -1.54. The summed E-state index contributed by atoms with van der Waals surface area (Å²) in [5.74, 6) is 0.0678. The predicted molar refractivity (Wildman–Crippen MR) is 78.3 cm³/mol. The van der Waals surface area contributed by atoms with E-state index < -0.39 is 15.6 Å². The first kappa shape index (κ1) is 15.8. The van der Waals surface area contributed by atoms with Gasteiger partial charge in [-0.1, -0.05) is 0 Å². The van der Waals surface area contributed by atoms with Crippen molar-refractivity contribution in [3.8, 4) is 0 Å². The lowest BCUT2D eigenvalue weighted by molar-refractivity contribution is 0.0957. The summed E-state index contributed by atoms with van der Waals surface area (Å²) < 4.78 is 25.4. The van der Waals surface area contributed by atoms with Crippen LogP contribution in [0.2, 0.25) is 0 Å². The Bertz CT molecular complexity index is 674. The minimum atomic E-state index is -3.36. The van der Waals surface area contributed by atoms with Crippen LogP contribution < -0.4 is 5.32 Å². The molecule has 0 saturated carbocycles. The molecule has 1 aliphatic rings. The highest BCUT2D eigenvalue weighted by atomic mass is 32.2. The predicted octanol–water partition coefficient (Wildman–Crippen LogP) is 0.415. The van der Waals surface area contributed by atoms with Crippen LogP contribution in [-0.4, -0.2) is 48.4 Å². The SMILES string of the molecule is CNC(=O)c1cc(C)nc([C@@]2(C)CCCN2S(C)(=O)=O)n1. The first-order valence-corrected chi connectivity index (χ1v) is 8.59. The number of rotatable bonds is 3. The molecule has 1 atom stereocenters. The smallest absolute Gasteiger partial charge is 0.269 e. The number of aromatic nitrogens is 2. The van der Waals surface area contributed by atoms with E-state index in [2.05, 4.69) is 15.3 Å². The van der Waals surface area contributed by atoms with E-state index in [1.54, 1.807) is 13.0 Å². The van der Waals surface area contributed by atoms with Crippen LogP contribution in [0.15, 0.2) is 6.07 Å². The van der Waals surface area contributed by atoms with Crippen molar-refractivity contribution in [2.24, 2.45) is 0 Å². The average Bonchev–Trinajstić information content (AvgIpc) is 2.80. The first-order valence-electron chi connectivity index (χ1n) is 6.74. The number of hydrogen-bond acceptors (Lipinski definition) is 5. The standard InChI is InChI=1S/C13H20N4O3S/c1-9-8-10(11(18)14-3)16-12(15-9)13(2)6-5-7-17(13)21(4,19)20/h8H,5-7H2,1-4H3,(H,14,18)/t13-/m1/s1. The molecule has 8 heteroatoms. The molecule has 116 valence electrons. The fraction of sp³-hybridized carbons (Fsp3) is 0.615. The van der Waals surface area contributed by atoms with E-state index in [0.717, 1.165) is 6.42 Å². The maximum absolute atomic E-state index is 12.0. The van der Waals surface area contributed by atoms with Crippen molar-refractivity contribution in [2.75, 3.05) is 19.8 Å². The van der Waals surface area contributed by atoms with Crippen LogP contribution in [0.1, 0.15) is 41.8 Å². The molecule has 2 heterocycles. The van der Waals surface area contributed by atoms with Crippen molar-refractivity contribution in [3.05, 3.63) is 23.3 Å². The minimum Gasteiger partial charge on any atom is -0.354 e. The van der Waals surface area contributed by atoms with Crippen LogP contribution in [0, 0.1) is 6.92 Å². The van der Waals surface area contributed by atoms with Gasteiger partial charge in [0.2, 0.25) is 10.0 Å². The van der Waals surface area contributed by atoms with Crippen molar-refractivity contribution < 1.29 is 13.2 Å². The summed E-state index contributed by atoms with van der Waals surface area (Å²) in [4.78, 5) is 20.4. The summed E-state index contributed by atoms with van der Waals surface area (Å²) in [7, 11) is -1.83. The van der Waals surface area contributed by atoms with Crippen molar-refractivity contribution >= 4 is 15.9 Å². The van der Waals surface area contributed by atoms with E-state index in [1.807, 2.05) is 6.92 Å². The zero-order valence-electron chi connectivity index (χ0n) is 12.7. The van der Waals surface area contributed by atoms with Gasteiger partial charge in [0.1, 0.15) is 11.5 Å². The fourth-order valence-electron chi connectivity index (χ4n) is 2.75. The Morgan fingerprint density at radius 1 is 1.43 bits per heavy atom. The highest BCUT2D eigenvalue weighted by Gasteiger charge is 2.45. The maximum atomic E-state index is 12.0. The lowest BCUT2D eigenvalue weighted by Crippen LogP contribution is -2.43. The molecule has 0 radical (unpaired) electrons. The van der Waals surface area contributed by atoms with Crippen LogP contribution in [0.4, 0.5) is 0 Å². The maximum Gasteiger partial charge on any atom is 0.269 e. The molecule has 1 N–H and O–H groups in total. The van der Waals surface area contributed by atoms with Gasteiger partial charge >= 0.3 is 0 Å². The molecule has 0 spiro atoms. The average molecular weight is 312 g/mol. The van der Waals surface area contributed by atoms with Crippen LogP contribution >= 0.6 is 0 Å². The van der Waals surface area contributed by atoms with E-state index in [0.29, 0.717) is 24.5 Å². The largest absolute Gasteiger partial charge is 0.354 e. The third-order valence-corrected chi connectivity index (χ3v) is 5.16. The van der Waals surface area contributed by atoms with Gasteiger partial charge in [0.05, 0.1) is 11.8 Å². The van der Waals surface area contributed by atoms with Gasteiger partial charge in [-0.25, -0.2) is 18.4 Å². The summed E-state index contributed by atoms with van der Waals surface area (Å²) in [6, 6.07) is 1.59. The Morgan fingerprint density at radius 2 is 2.10 bits per heavy atom. The Morgan fingerprint density at radius 3 is 2.67 bits per heavy atom. The molecule has 1 fully saturated rings. The van der Waals surface area contributed by atoms with Gasteiger partial charge in [-0.05, 0) is 32.8 Å². The summed E-state index contributed by atoms with van der Waals surface area (Å²) in [5.41, 5.74) is 0.0873. The molecule has 1 saturated heterocycles. The van der Waals surface area contributed by atoms with E-state index in [4.69, 9.17) is 0 Å². The van der Waals surface area contributed by atoms with E-state index in [9.17, 15) is 13.2 Å². The molecular formula is C13H20N4O3S. The normalized spacial score (nSPS) is 23.2. The van der Waals surface area contributed by atoms with E-state index in [-0.39, 0.29) is 11.6 Å². The van der Waals surface area contributed by atoms with Gasteiger partial charge in [-0.15, -0.1) is 0 Å². The highest BCUT2D eigenvalue weighted by molar-refractivity contribution is 7.88. The molecule has 0 bridgehead atoms. The van der Waals surface area contributed by atoms with E-state index >= 15 is 0 Å². The van der Waals surface area contributed by atoms with Crippen LogP contribution in [0.25, 0.3) is 0 Å². The first-order chi connectivity index (χ1) is 9.68. The van der Waals surface area contributed by atoms with Crippen molar-refractivity contribution in [2.45, 2.75) is 32.2 Å². The summed E-state index contributed by atoms with van der Waals surface area (Å²) in [5, 5.41) is 2.52. The molecule has 0 aromatic carbocycles. The number of amides is 1. The van der Waals surface area contributed by atoms with Gasteiger partial charge in [0.15, 0.2) is 0 Å². The molecule has 1 amide bonds. The molecule has 2 rings (SSSR count). The number of sulfonamides is 1. The monoisotopic (exact) mass is 312 g/mol. The fourth-order valence-corrected chi connectivity index (χ4v) is 4.11. The molecule has 1 aromatic heterocycles. The number of carbonyl (C=O) groups is 1. The van der Waals surface area contributed by atoms with Crippen LogP contribution in [-0.2, 0) is 15.6 Å². The van der Waals surface area contributed by atoms with Gasteiger partial charge in [-0.2, -0.15) is 4.31 Å². The van der Waals surface area contributed by atoms with Crippen molar-refractivity contribution in [1.82, 2.24) is 19.6 Å². The zero-order chi connectivity index (χ0) is 15.8. The van der Waals surface area contributed by atoms with Gasteiger partial charge in [0, 0.05) is 19.3 Å². The minimum absolute atomic E-state index is 0.251. The second kappa shape index (κ2) is 5.34. The van der Waals surface area contributed by atoms with Gasteiger partial charge in [-0.3, -0.25) is 4.79 Å². The second-order valence-electron chi connectivity index (χ2n) is 5.51. The molecule has 21 heavy (non-hydrogen) atoms. The van der Waals surface area contributed by atoms with Crippen molar-refractivity contribution in [1.29, 1.82) is 0 Å². The van der Waals surface area contributed by atoms with Crippen LogP contribution in [0.3, 0.4) is 0 Å². The van der Waals surface area contributed by atoms with E-state index in [1.165, 1.54) is 17.6 Å². The second-order valence-corrected chi connectivity index (χ2v) is 7.42. The van der Waals surface area contributed by atoms with Gasteiger partial charge < -0.3 is 5.32 Å². The third-order valence-electron chi connectivity index (χ3n) is 3.77. The van der Waals surface area contributed by atoms with Gasteiger partial charge in [0.25, 0.3) is 5.91 Å². The molecule has 0 unspecified atom stereocenters. The number of hydrogen-bond donors (Lipinski definition) is 1. The Balaban J connectivity index is 2.54. The molecular weight excluding hydrogens is 292 g/mol. The lowest BCUT2D eigenvalue weighted by Gasteiger charge is -2.32. The molecule has 0 aliphatic carbocycles. The summed E-state index contributed by atoms with van der Waals surface area (Å²) >= 11 is 0. The molecule has 1 aliphatic heterocycles. The number of aryl methyl sites for hydroxylation is 1. The van der Waals surface area contributed by atoms with Crippen molar-refractivity contribution in [3.63, 3.8) is 0 Å². The van der Waals surface area contributed by atoms with Crippen LogP contribution in [0.5, 0.6) is 0 Å². The quantitative estimate of drug-likeness (QED) is 0.873. The third kappa shape index (κ3) is 2.91. The molecule has 7 nitrogen and oxygen atoms in total. The Labute approximate surface area is 124 Å². The number of nitrogens with zero attached hydrogens (tertiary/aromatic N) is 3. The number of nitrogens with one attached hydrogen (secondary N) is 1. The Kier molecular flexibility index (Phi) is 4.03.